The van der Waals surface area contributed by atoms with Crippen LogP contribution >= 0.6 is 0 Å². The maximum atomic E-state index is 5.83. The molecular weight excluding hydrogens is 262 g/mol. The van der Waals surface area contributed by atoms with E-state index in [9.17, 15) is 0 Å². The quantitative estimate of drug-likeness (QED) is 0.713. The first-order valence-corrected chi connectivity index (χ1v) is 8.15. The second-order valence-corrected chi connectivity index (χ2v) is 6.47. The molecular formula is C18H29NO2. The van der Waals surface area contributed by atoms with Crippen molar-refractivity contribution in [3.8, 4) is 5.75 Å². The molecule has 3 nitrogen and oxygen atoms in total. The van der Waals surface area contributed by atoms with E-state index in [1.54, 1.807) is 0 Å². The first kappa shape index (κ1) is 16.3. The van der Waals surface area contributed by atoms with Crippen molar-refractivity contribution in [3.05, 3.63) is 29.8 Å². The number of rotatable bonds is 7. The lowest BCUT2D eigenvalue weighted by Gasteiger charge is -2.26. The zero-order valence-electron chi connectivity index (χ0n) is 13.7. The number of hydrogen-bond acceptors (Lipinski definition) is 3. The molecule has 1 fully saturated rings. The van der Waals surface area contributed by atoms with Gasteiger partial charge in [-0.25, -0.2) is 0 Å². The summed E-state index contributed by atoms with van der Waals surface area (Å²) >= 11 is 0. The van der Waals surface area contributed by atoms with Gasteiger partial charge in [-0.1, -0.05) is 32.9 Å². The summed E-state index contributed by atoms with van der Waals surface area (Å²) in [7, 11) is 0. The standard InChI is InChI=1S/C18H29NO2/c1-4-18(2,3)16-7-9-17(10-8-16)21-14-6-12-19-11-5-13-20-15-19/h7-10H,4-6,11-15H2,1-3H3. The molecule has 1 aromatic carbocycles. The summed E-state index contributed by atoms with van der Waals surface area (Å²) in [5.74, 6) is 0.973. The van der Waals surface area contributed by atoms with Gasteiger partial charge in [0.25, 0.3) is 0 Å². The van der Waals surface area contributed by atoms with Gasteiger partial charge in [-0.3, -0.25) is 4.90 Å². The van der Waals surface area contributed by atoms with Crippen molar-refractivity contribution >= 4 is 0 Å². The summed E-state index contributed by atoms with van der Waals surface area (Å²) in [4.78, 5) is 2.35. The van der Waals surface area contributed by atoms with Crippen molar-refractivity contribution in [3.63, 3.8) is 0 Å². The molecule has 2 rings (SSSR count). The fourth-order valence-electron chi connectivity index (χ4n) is 2.51. The third-order valence-corrected chi connectivity index (χ3v) is 4.44. The number of nitrogens with zero attached hydrogens (tertiary/aromatic N) is 1. The van der Waals surface area contributed by atoms with Crippen LogP contribution in [0.2, 0.25) is 0 Å². The third-order valence-electron chi connectivity index (χ3n) is 4.44. The highest BCUT2D eigenvalue weighted by Gasteiger charge is 2.17. The third kappa shape index (κ3) is 5.01. The van der Waals surface area contributed by atoms with Crippen LogP contribution in [0.4, 0.5) is 0 Å². The molecule has 0 spiro atoms. The zero-order valence-corrected chi connectivity index (χ0v) is 13.7. The lowest BCUT2D eigenvalue weighted by atomic mass is 9.82. The van der Waals surface area contributed by atoms with Crippen LogP contribution < -0.4 is 4.74 Å². The van der Waals surface area contributed by atoms with E-state index in [0.717, 1.165) is 58.0 Å². The number of ether oxygens (including phenoxy) is 2. The Morgan fingerprint density at radius 1 is 1.24 bits per heavy atom. The molecule has 0 unspecified atom stereocenters. The van der Waals surface area contributed by atoms with Gasteiger partial charge in [0.1, 0.15) is 5.75 Å². The molecule has 3 heteroatoms. The second kappa shape index (κ2) is 7.81. The van der Waals surface area contributed by atoms with Crippen LogP contribution in [-0.2, 0) is 10.2 Å². The average Bonchev–Trinajstić information content (AvgIpc) is 2.53. The predicted molar refractivity (Wildman–Crippen MR) is 86.9 cm³/mol. The van der Waals surface area contributed by atoms with Crippen molar-refractivity contribution in [2.75, 3.05) is 33.0 Å². The summed E-state index contributed by atoms with van der Waals surface area (Å²) in [6.45, 7) is 11.5. The van der Waals surface area contributed by atoms with E-state index in [1.165, 1.54) is 5.56 Å². The summed E-state index contributed by atoms with van der Waals surface area (Å²) in [5.41, 5.74) is 1.62. The molecule has 0 aromatic heterocycles. The van der Waals surface area contributed by atoms with Gasteiger partial charge in [0.05, 0.1) is 13.3 Å². The molecule has 0 aliphatic carbocycles. The second-order valence-electron chi connectivity index (χ2n) is 6.47. The van der Waals surface area contributed by atoms with E-state index < -0.39 is 0 Å². The van der Waals surface area contributed by atoms with Crippen LogP contribution in [0.25, 0.3) is 0 Å². The monoisotopic (exact) mass is 291 g/mol. The Labute approximate surface area is 129 Å². The topological polar surface area (TPSA) is 21.7 Å². The van der Waals surface area contributed by atoms with Gasteiger partial charge < -0.3 is 9.47 Å². The molecule has 0 saturated carbocycles. The van der Waals surface area contributed by atoms with Crippen LogP contribution in [-0.4, -0.2) is 37.9 Å². The first-order valence-electron chi connectivity index (χ1n) is 8.15. The predicted octanol–water partition coefficient (Wildman–Crippen LogP) is 3.82. The van der Waals surface area contributed by atoms with E-state index in [-0.39, 0.29) is 5.41 Å². The molecule has 1 saturated heterocycles. The lowest BCUT2D eigenvalue weighted by Crippen LogP contribution is -2.34. The Bertz CT molecular complexity index is 408. The molecule has 118 valence electrons. The Balaban J connectivity index is 1.71. The normalized spacial score (nSPS) is 16.9. The highest BCUT2D eigenvalue weighted by atomic mass is 16.5. The van der Waals surface area contributed by atoms with Gasteiger partial charge >= 0.3 is 0 Å². The average molecular weight is 291 g/mol. The Morgan fingerprint density at radius 2 is 2.00 bits per heavy atom. The molecule has 21 heavy (non-hydrogen) atoms. The minimum atomic E-state index is 0.243. The molecule has 1 aromatic rings. The number of benzene rings is 1. The van der Waals surface area contributed by atoms with Crippen molar-refractivity contribution in [2.45, 2.75) is 45.4 Å². The van der Waals surface area contributed by atoms with Crippen molar-refractivity contribution in [1.29, 1.82) is 0 Å². The van der Waals surface area contributed by atoms with E-state index >= 15 is 0 Å². The van der Waals surface area contributed by atoms with Crippen molar-refractivity contribution in [2.24, 2.45) is 0 Å². The Kier molecular flexibility index (Phi) is 6.07. The lowest BCUT2D eigenvalue weighted by molar-refractivity contribution is -0.0149. The molecule has 0 bridgehead atoms. The molecule has 1 aliphatic heterocycles. The summed E-state index contributed by atoms with van der Waals surface area (Å²) in [5, 5.41) is 0. The molecule has 1 heterocycles. The van der Waals surface area contributed by atoms with Gasteiger partial charge in [0.15, 0.2) is 0 Å². The maximum absolute atomic E-state index is 5.83. The first-order chi connectivity index (χ1) is 10.1. The van der Waals surface area contributed by atoms with Gasteiger partial charge in [-0.15, -0.1) is 0 Å². The van der Waals surface area contributed by atoms with E-state index in [1.807, 2.05) is 0 Å². The fraction of sp³-hybridized carbons (Fsp3) is 0.667. The van der Waals surface area contributed by atoms with E-state index in [0.29, 0.717) is 0 Å². The zero-order chi connectivity index (χ0) is 15.1. The number of hydrogen-bond donors (Lipinski definition) is 0. The molecule has 0 N–H and O–H groups in total. The highest BCUT2D eigenvalue weighted by Crippen LogP contribution is 2.28. The van der Waals surface area contributed by atoms with Crippen molar-refractivity contribution in [1.82, 2.24) is 4.90 Å². The van der Waals surface area contributed by atoms with Crippen LogP contribution in [0, 0.1) is 0 Å². The van der Waals surface area contributed by atoms with Gasteiger partial charge in [-0.05, 0) is 42.4 Å². The maximum Gasteiger partial charge on any atom is 0.119 e. The molecule has 1 aliphatic rings. The van der Waals surface area contributed by atoms with Crippen LogP contribution in [0.5, 0.6) is 5.75 Å². The van der Waals surface area contributed by atoms with Crippen LogP contribution in [0.15, 0.2) is 24.3 Å². The van der Waals surface area contributed by atoms with Gasteiger partial charge in [-0.2, -0.15) is 0 Å². The largest absolute Gasteiger partial charge is 0.494 e. The minimum absolute atomic E-state index is 0.243. The van der Waals surface area contributed by atoms with Gasteiger partial charge in [0.2, 0.25) is 0 Å². The fourth-order valence-corrected chi connectivity index (χ4v) is 2.51. The SMILES string of the molecule is CCC(C)(C)c1ccc(OCCCN2CCCOC2)cc1. The Morgan fingerprint density at radius 3 is 2.62 bits per heavy atom. The summed E-state index contributed by atoms with van der Waals surface area (Å²) < 4.78 is 11.3. The molecule has 0 radical (unpaired) electrons. The summed E-state index contributed by atoms with van der Waals surface area (Å²) in [6.07, 6.45) is 3.34. The minimum Gasteiger partial charge on any atom is -0.494 e. The van der Waals surface area contributed by atoms with E-state index in [4.69, 9.17) is 9.47 Å². The van der Waals surface area contributed by atoms with E-state index in [2.05, 4.69) is 49.9 Å². The van der Waals surface area contributed by atoms with Gasteiger partial charge in [0, 0.05) is 19.7 Å². The summed E-state index contributed by atoms with van der Waals surface area (Å²) in [6, 6.07) is 8.57. The highest BCUT2D eigenvalue weighted by molar-refractivity contribution is 5.31. The van der Waals surface area contributed by atoms with Crippen molar-refractivity contribution < 1.29 is 9.47 Å². The smallest absolute Gasteiger partial charge is 0.119 e. The molecule has 0 amide bonds. The van der Waals surface area contributed by atoms with Crippen LogP contribution in [0.3, 0.4) is 0 Å². The Hall–Kier alpha value is -1.06. The van der Waals surface area contributed by atoms with Crippen LogP contribution in [0.1, 0.15) is 45.6 Å². The molecule has 0 atom stereocenters.